The molecule has 3 aromatic rings. The van der Waals surface area contributed by atoms with Crippen molar-refractivity contribution in [2.45, 2.75) is 0 Å². The molecule has 0 aromatic heterocycles. The maximum absolute atomic E-state index is 5.98. The fourth-order valence-electron chi connectivity index (χ4n) is 2.47. The number of hydrogen-bond donors (Lipinski definition) is 2. The normalized spacial score (nSPS) is 10.9. The van der Waals surface area contributed by atoms with E-state index in [1.807, 2.05) is 60.7 Å². The molecule has 0 bridgehead atoms. The third-order valence-electron chi connectivity index (χ3n) is 3.91. The number of aliphatic imine (C=N–C) groups is 1. The second-order valence-corrected chi connectivity index (χ2v) is 6.48. The molecule has 0 unspecified atom stereocenters. The Morgan fingerprint density at radius 2 is 1.45 bits per heavy atom. The predicted octanol–water partition coefficient (Wildman–Crippen LogP) is 6.13. The summed E-state index contributed by atoms with van der Waals surface area (Å²) in [7, 11) is 1.64. The van der Waals surface area contributed by atoms with Crippen molar-refractivity contribution < 1.29 is 9.47 Å². The minimum absolute atomic E-state index is 0.467. The molecule has 0 heterocycles. The van der Waals surface area contributed by atoms with Crippen molar-refractivity contribution in [3.05, 3.63) is 90.5 Å². The summed E-state index contributed by atoms with van der Waals surface area (Å²) < 4.78 is 10.7. The van der Waals surface area contributed by atoms with E-state index in [-0.39, 0.29) is 0 Å². The van der Waals surface area contributed by atoms with Crippen LogP contribution in [0.3, 0.4) is 0 Å². The van der Waals surface area contributed by atoms with Gasteiger partial charge in [0.05, 0.1) is 12.8 Å². The Balaban J connectivity index is 1.81. The highest BCUT2D eigenvalue weighted by molar-refractivity contribution is 6.30. The Morgan fingerprint density at radius 1 is 0.897 bits per heavy atom. The molecule has 5 nitrogen and oxygen atoms in total. The Bertz CT molecular complexity index is 953. The van der Waals surface area contributed by atoms with Crippen molar-refractivity contribution in [1.82, 2.24) is 0 Å². The number of rotatable bonds is 7. The average molecular weight is 408 g/mol. The van der Waals surface area contributed by atoms with E-state index >= 15 is 0 Å². The van der Waals surface area contributed by atoms with Crippen LogP contribution in [0, 0.1) is 0 Å². The smallest absolute Gasteiger partial charge is 0.205 e. The first-order chi connectivity index (χ1) is 14.2. The zero-order valence-corrected chi connectivity index (χ0v) is 16.8. The van der Waals surface area contributed by atoms with E-state index < -0.39 is 0 Å². The van der Waals surface area contributed by atoms with Gasteiger partial charge >= 0.3 is 0 Å². The minimum atomic E-state index is 0.467. The molecule has 148 valence electrons. The van der Waals surface area contributed by atoms with Gasteiger partial charge in [-0.3, -0.25) is 0 Å². The molecule has 29 heavy (non-hydrogen) atoms. The summed E-state index contributed by atoms with van der Waals surface area (Å²) in [5.74, 6) is 2.13. The Morgan fingerprint density at radius 3 is 1.97 bits per heavy atom. The van der Waals surface area contributed by atoms with Gasteiger partial charge in [0, 0.05) is 16.4 Å². The zero-order chi connectivity index (χ0) is 20.5. The first-order valence-electron chi connectivity index (χ1n) is 9.02. The number of ether oxygens (including phenoxy) is 2. The molecule has 3 aromatic carbocycles. The van der Waals surface area contributed by atoms with Gasteiger partial charge in [-0.25, -0.2) is 4.99 Å². The molecular weight excluding hydrogens is 386 g/mol. The average Bonchev–Trinajstić information content (AvgIpc) is 2.75. The quantitative estimate of drug-likeness (QED) is 0.281. The molecule has 2 N–H and O–H groups in total. The predicted molar refractivity (Wildman–Crippen MR) is 121 cm³/mol. The van der Waals surface area contributed by atoms with Crippen LogP contribution in [0.1, 0.15) is 0 Å². The topological polar surface area (TPSA) is 54.9 Å². The summed E-state index contributed by atoms with van der Waals surface area (Å²) in [5, 5.41) is 7.26. The number of benzene rings is 3. The summed E-state index contributed by atoms with van der Waals surface area (Å²) in [6, 6.07) is 22.5. The van der Waals surface area contributed by atoms with E-state index in [2.05, 4.69) is 22.2 Å². The second kappa shape index (κ2) is 10.2. The SMILES string of the molecule is C=CCOc1ccc(NC(=Nc2ccc(Cl)cc2)Nc2ccc(OC)cc2)cc1. The molecule has 0 radical (unpaired) electrons. The van der Waals surface area contributed by atoms with E-state index in [4.69, 9.17) is 21.1 Å². The largest absolute Gasteiger partial charge is 0.497 e. The lowest BCUT2D eigenvalue weighted by molar-refractivity contribution is 0.363. The van der Waals surface area contributed by atoms with Crippen LogP contribution in [-0.2, 0) is 0 Å². The van der Waals surface area contributed by atoms with Gasteiger partial charge in [0.2, 0.25) is 5.96 Å². The minimum Gasteiger partial charge on any atom is -0.497 e. The molecule has 0 aliphatic carbocycles. The van der Waals surface area contributed by atoms with Crippen molar-refractivity contribution >= 4 is 34.6 Å². The third kappa shape index (κ3) is 6.30. The number of hydrogen-bond acceptors (Lipinski definition) is 3. The van der Waals surface area contributed by atoms with Crippen LogP contribution in [0.15, 0.2) is 90.4 Å². The molecule has 6 heteroatoms. The lowest BCUT2D eigenvalue weighted by Gasteiger charge is -2.14. The number of nitrogens with zero attached hydrogens (tertiary/aromatic N) is 1. The summed E-state index contributed by atoms with van der Waals surface area (Å²) in [6.45, 7) is 4.12. The second-order valence-electron chi connectivity index (χ2n) is 6.04. The Hall–Kier alpha value is -3.44. The fourth-order valence-corrected chi connectivity index (χ4v) is 2.60. The number of guanidine groups is 1. The van der Waals surface area contributed by atoms with E-state index in [1.54, 1.807) is 25.3 Å². The standard InChI is InChI=1S/C23H22ClN3O2/c1-3-16-29-22-14-10-20(11-15-22)27-23(25-18-6-4-17(24)5-7-18)26-19-8-12-21(28-2)13-9-19/h3-15H,1,16H2,2H3,(H2,25,26,27). The molecule has 0 saturated heterocycles. The Kier molecular flexibility index (Phi) is 7.14. The van der Waals surface area contributed by atoms with Crippen molar-refractivity contribution in [3.63, 3.8) is 0 Å². The Labute approximate surface area is 175 Å². The van der Waals surface area contributed by atoms with Gasteiger partial charge in [-0.2, -0.15) is 0 Å². The lowest BCUT2D eigenvalue weighted by atomic mass is 10.3. The van der Waals surface area contributed by atoms with Crippen molar-refractivity contribution in [3.8, 4) is 11.5 Å². The third-order valence-corrected chi connectivity index (χ3v) is 4.16. The van der Waals surface area contributed by atoms with Crippen molar-refractivity contribution in [1.29, 1.82) is 0 Å². The molecular formula is C23H22ClN3O2. The van der Waals surface area contributed by atoms with E-state index in [1.165, 1.54) is 0 Å². The molecule has 0 aliphatic heterocycles. The van der Waals surface area contributed by atoms with Gasteiger partial charge in [-0.15, -0.1) is 0 Å². The molecule has 0 fully saturated rings. The first-order valence-corrected chi connectivity index (χ1v) is 9.40. The number of halogens is 1. The van der Waals surface area contributed by atoms with E-state index in [9.17, 15) is 0 Å². The highest BCUT2D eigenvalue weighted by atomic mass is 35.5. The monoisotopic (exact) mass is 407 g/mol. The molecule has 3 rings (SSSR count). The van der Waals surface area contributed by atoms with Crippen LogP contribution in [0.25, 0.3) is 0 Å². The molecule has 0 atom stereocenters. The maximum atomic E-state index is 5.98. The van der Waals surface area contributed by atoms with Gasteiger partial charge < -0.3 is 20.1 Å². The van der Waals surface area contributed by atoms with Gasteiger partial charge in [0.25, 0.3) is 0 Å². The zero-order valence-electron chi connectivity index (χ0n) is 16.1. The highest BCUT2D eigenvalue weighted by Gasteiger charge is 2.04. The van der Waals surface area contributed by atoms with E-state index in [0.717, 1.165) is 28.6 Å². The molecule has 0 amide bonds. The number of anilines is 2. The van der Waals surface area contributed by atoms with Crippen LogP contribution >= 0.6 is 11.6 Å². The molecule has 0 aliphatic rings. The number of methoxy groups -OCH3 is 1. The highest BCUT2D eigenvalue weighted by Crippen LogP contribution is 2.20. The van der Waals surface area contributed by atoms with Crippen LogP contribution in [0.4, 0.5) is 17.1 Å². The lowest BCUT2D eigenvalue weighted by Crippen LogP contribution is -2.21. The van der Waals surface area contributed by atoms with Gasteiger partial charge in [-0.1, -0.05) is 24.3 Å². The first kappa shape index (κ1) is 20.3. The van der Waals surface area contributed by atoms with Gasteiger partial charge in [0.1, 0.15) is 18.1 Å². The molecule has 0 spiro atoms. The van der Waals surface area contributed by atoms with Crippen LogP contribution in [-0.4, -0.2) is 19.7 Å². The maximum Gasteiger partial charge on any atom is 0.205 e. The van der Waals surface area contributed by atoms with Crippen LogP contribution < -0.4 is 20.1 Å². The van der Waals surface area contributed by atoms with Gasteiger partial charge in [-0.05, 0) is 72.8 Å². The van der Waals surface area contributed by atoms with Crippen LogP contribution in [0.5, 0.6) is 11.5 Å². The summed E-state index contributed by atoms with van der Waals surface area (Å²) in [4.78, 5) is 4.66. The van der Waals surface area contributed by atoms with Gasteiger partial charge in [0.15, 0.2) is 0 Å². The summed E-state index contributed by atoms with van der Waals surface area (Å²) in [6.07, 6.45) is 1.71. The van der Waals surface area contributed by atoms with Crippen molar-refractivity contribution in [2.75, 3.05) is 24.4 Å². The number of nitrogens with one attached hydrogen (secondary N) is 2. The van der Waals surface area contributed by atoms with Crippen molar-refractivity contribution in [2.24, 2.45) is 4.99 Å². The molecule has 0 saturated carbocycles. The van der Waals surface area contributed by atoms with E-state index in [0.29, 0.717) is 17.6 Å². The summed E-state index contributed by atoms with van der Waals surface area (Å²) >= 11 is 5.98. The fraction of sp³-hybridized carbons (Fsp3) is 0.0870. The summed E-state index contributed by atoms with van der Waals surface area (Å²) in [5.41, 5.74) is 2.51. The van der Waals surface area contributed by atoms with Crippen LogP contribution in [0.2, 0.25) is 5.02 Å².